The number of ether oxygens (including phenoxy) is 2. The van der Waals surface area contributed by atoms with E-state index in [2.05, 4.69) is 0 Å². The highest BCUT2D eigenvalue weighted by Gasteiger charge is 2.14. The van der Waals surface area contributed by atoms with Crippen molar-refractivity contribution < 1.29 is 14.3 Å². The summed E-state index contributed by atoms with van der Waals surface area (Å²) in [4.78, 5) is 11.3. The first kappa shape index (κ1) is 15.7. The molecule has 20 heavy (non-hydrogen) atoms. The van der Waals surface area contributed by atoms with Gasteiger partial charge in [-0.05, 0) is 29.8 Å². The number of hydrogen-bond donors (Lipinski definition) is 3. The van der Waals surface area contributed by atoms with Gasteiger partial charge in [-0.2, -0.15) is 0 Å². The van der Waals surface area contributed by atoms with Crippen molar-refractivity contribution in [1.29, 1.82) is 0 Å². The predicted molar refractivity (Wildman–Crippen MR) is 77.3 cm³/mol. The number of fused-ring (bicyclic) bond motifs is 1. The Morgan fingerprint density at radius 1 is 1.15 bits per heavy atom. The molecule has 0 aromatic heterocycles. The van der Waals surface area contributed by atoms with Gasteiger partial charge in [0.15, 0.2) is 11.5 Å². The Morgan fingerprint density at radius 2 is 1.85 bits per heavy atom. The fraction of sp³-hybridized carbons (Fsp3) is 0.154. The summed E-state index contributed by atoms with van der Waals surface area (Å²) in [6.07, 6.45) is 3.32. The van der Waals surface area contributed by atoms with Crippen molar-refractivity contribution in [2.24, 2.45) is 17.2 Å². The summed E-state index contributed by atoms with van der Waals surface area (Å²) in [6.45, 7) is 0.212. The Bertz CT molecular complexity index is 566. The molecule has 1 aromatic carbocycles. The van der Waals surface area contributed by atoms with Gasteiger partial charge in [-0.3, -0.25) is 4.79 Å². The van der Waals surface area contributed by atoms with Gasteiger partial charge in [0.05, 0.1) is 5.82 Å². The SMILES string of the molecule is Cl.NC(=O)C(=CC=C(N)N)Cc1ccc2c(c1)OCO2. The lowest BCUT2D eigenvalue weighted by Crippen LogP contribution is -2.16. The van der Waals surface area contributed by atoms with Crippen LogP contribution >= 0.6 is 12.4 Å². The molecule has 6 nitrogen and oxygen atoms in total. The molecule has 108 valence electrons. The third kappa shape index (κ3) is 3.83. The standard InChI is InChI=1S/C13H15N3O3.ClH/c14-12(15)4-2-9(13(16)17)5-8-1-3-10-11(6-8)19-7-18-10;/h1-4,6H,5,7,14-15H2,(H2,16,17);1H. The summed E-state index contributed by atoms with van der Waals surface area (Å²) in [7, 11) is 0. The first-order valence-electron chi connectivity index (χ1n) is 5.66. The number of halogens is 1. The van der Waals surface area contributed by atoms with Crippen molar-refractivity contribution in [3.63, 3.8) is 0 Å². The van der Waals surface area contributed by atoms with Gasteiger partial charge in [-0.1, -0.05) is 6.07 Å². The molecular formula is C13H16ClN3O3. The van der Waals surface area contributed by atoms with Crippen molar-refractivity contribution in [2.75, 3.05) is 6.79 Å². The Hall–Kier alpha value is -2.34. The van der Waals surface area contributed by atoms with Gasteiger partial charge in [-0.25, -0.2) is 0 Å². The van der Waals surface area contributed by atoms with Crippen LogP contribution in [0.1, 0.15) is 5.56 Å². The number of primary amides is 1. The molecule has 1 aliphatic rings. The van der Waals surface area contributed by atoms with Gasteiger partial charge < -0.3 is 26.7 Å². The molecule has 1 aliphatic heterocycles. The third-order valence-electron chi connectivity index (χ3n) is 2.63. The van der Waals surface area contributed by atoms with E-state index in [9.17, 15) is 4.79 Å². The summed E-state index contributed by atoms with van der Waals surface area (Å²) in [5.41, 5.74) is 17.2. The van der Waals surface area contributed by atoms with Crippen LogP contribution in [0, 0.1) is 0 Å². The van der Waals surface area contributed by atoms with E-state index in [1.54, 1.807) is 6.07 Å². The summed E-state index contributed by atoms with van der Waals surface area (Å²) >= 11 is 0. The maximum atomic E-state index is 11.3. The number of allylic oxidation sites excluding steroid dienone is 2. The lowest BCUT2D eigenvalue weighted by molar-refractivity contribution is -0.114. The first-order valence-corrected chi connectivity index (χ1v) is 5.66. The van der Waals surface area contributed by atoms with Crippen LogP contribution in [0.25, 0.3) is 0 Å². The average Bonchev–Trinajstić information content (AvgIpc) is 2.81. The molecule has 1 aromatic rings. The zero-order valence-electron chi connectivity index (χ0n) is 10.7. The van der Waals surface area contributed by atoms with E-state index < -0.39 is 5.91 Å². The van der Waals surface area contributed by atoms with Crippen LogP contribution in [0.4, 0.5) is 0 Å². The molecule has 1 amide bonds. The summed E-state index contributed by atoms with van der Waals surface area (Å²) in [5.74, 6) is 0.953. The molecular weight excluding hydrogens is 282 g/mol. The monoisotopic (exact) mass is 297 g/mol. The minimum Gasteiger partial charge on any atom is -0.454 e. The number of rotatable bonds is 4. The normalized spacial score (nSPS) is 12.5. The second-order valence-corrected chi connectivity index (χ2v) is 4.09. The maximum Gasteiger partial charge on any atom is 0.244 e. The van der Waals surface area contributed by atoms with Crippen molar-refractivity contribution in [2.45, 2.75) is 6.42 Å². The molecule has 1 heterocycles. The number of carbonyl (C=O) groups is 1. The minimum atomic E-state index is -0.518. The smallest absolute Gasteiger partial charge is 0.244 e. The second-order valence-electron chi connectivity index (χ2n) is 4.09. The summed E-state index contributed by atoms with van der Waals surface area (Å²) < 4.78 is 10.5. The van der Waals surface area contributed by atoms with Crippen molar-refractivity contribution >= 4 is 18.3 Å². The van der Waals surface area contributed by atoms with Gasteiger partial charge in [0.25, 0.3) is 0 Å². The predicted octanol–water partition coefficient (Wildman–Crippen LogP) is 0.550. The number of hydrogen-bond acceptors (Lipinski definition) is 5. The Balaban J connectivity index is 0.00000200. The maximum absolute atomic E-state index is 11.3. The second kappa shape index (κ2) is 6.72. The van der Waals surface area contributed by atoms with Crippen LogP contribution in [-0.4, -0.2) is 12.7 Å². The number of amides is 1. The van der Waals surface area contributed by atoms with Crippen LogP contribution in [0.5, 0.6) is 11.5 Å². The lowest BCUT2D eigenvalue weighted by atomic mass is 10.0. The lowest BCUT2D eigenvalue weighted by Gasteiger charge is -2.04. The molecule has 0 atom stereocenters. The van der Waals surface area contributed by atoms with Gasteiger partial charge >= 0.3 is 0 Å². The van der Waals surface area contributed by atoms with E-state index >= 15 is 0 Å². The zero-order valence-corrected chi connectivity index (χ0v) is 11.5. The molecule has 0 bridgehead atoms. The van der Waals surface area contributed by atoms with Crippen LogP contribution in [0.3, 0.4) is 0 Å². The number of benzene rings is 1. The molecule has 0 radical (unpaired) electrons. The zero-order chi connectivity index (χ0) is 13.8. The molecule has 7 heteroatoms. The van der Waals surface area contributed by atoms with Gasteiger partial charge in [-0.15, -0.1) is 12.4 Å². The van der Waals surface area contributed by atoms with Gasteiger partial charge in [0.2, 0.25) is 12.7 Å². The highest BCUT2D eigenvalue weighted by molar-refractivity contribution is 5.92. The molecule has 0 fully saturated rings. The van der Waals surface area contributed by atoms with Crippen LogP contribution in [0.2, 0.25) is 0 Å². The minimum absolute atomic E-state index is 0. The summed E-state index contributed by atoms with van der Waals surface area (Å²) in [5, 5.41) is 0. The Kier molecular flexibility index (Phi) is 5.28. The summed E-state index contributed by atoms with van der Waals surface area (Å²) in [6, 6.07) is 5.46. The first-order chi connectivity index (χ1) is 9.06. The third-order valence-corrected chi connectivity index (χ3v) is 2.63. The number of carbonyl (C=O) groups excluding carboxylic acids is 1. The van der Waals surface area contributed by atoms with Crippen molar-refractivity contribution in [3.05, 3.63) is 47.3 Å². The van der Waals surface area contributed by atoms with E-state index in [4.69, 9.17) is 26.7 Å². The van der Waals surface area contributed by atoms with Crippen molar-refractivity contribution in [3.8, 4) is 11.5 Å². The van der Waals surface area contributed by atoms with E-state index in [1.165, 1.54) is 12.2 Å². The van der Waals surface area contributed by atoms with Crippen LogP contribution in [-0.2, 0) is 11.2 Å². The molecule has 0 spiro atoms. The average molecular weight is 298 g/mol. The van der Waals surface area contributed by atoms with Crippen LogP contribution in [0.15, 0.2) is 41.7 Å². The van der Waals surface area contributed by atoms with E-state index in [1.807, 2.05) is 12.1 Å². The molecule has 0 unspecified atom stereocenters. The highest BCUT2D eigenvalue weighted by atomic mass is 35.5. The Labute approximate surface area is 122 Å². The van der Waals surface area contributed by atoms with E-state index in [0.717, 1.165) is 5.56 Å². The molecule has 6 N–H and O–H groups in total. The fourth-order valence-electron chi connectivity index (χ4n) is 1.70. The molecule has 0 saturated carbocycles. The topological polar surface area (TPSA) is 114 Å². The fourth-order valence-corrected chi connectivity index (χ4v) is 1.70. The highest BCUT2D eigenvalue weighted by Crippen LogP contribution is 2.33. The van der Waals surface area contributed by atoms with Crippen LogP contribution < -0.4 is 26.7 Å². The molecule has 0 aliphatic carbocycles. The quantitative estimate of drug-likeness (QED) is 0.555. The molecule has 0 saturated heterocycles. The number of nitrogens with two attached hydrogens (primary N) is 3. The molecule has 2 rings (SSSR count). The van der Waals surface area contributed by atoms with E-state index in [-0.39, 0.29) is 25.0 Å². The van der Waals surface area contributed by atoms with E-state index in [0.29, 0.717) is 23.5 Å². The van der Waals surface area contributed by atoms with Gasteiger partial charge in [0.1, 0.15) is 0 Å². The largest absolute Gasteiger partial charge is 0.454 e. The Morgan fingerprint density at radius 3 is 2.50 bits per heavy atom. The van der Waals surface area contributed by atoms with Gasteiger partial charge in [0, 0.05) is 12.0 Å². The van der Waals surface area contributed by atoms with Crippen molar-refractivity contribution in [1.82, 2.24) is 0 Å².